The van der Waals surface area contributed by atoms with Gasteiger partial charge in [0.25, 0.3) is 0 Å². The lowest BCUT2D eigenvalue weighted by atomic mass is 10.0. The van der Waals surface area contributed by atoms with Crippen molar-refractivity contribution in [1.82, 2.24) is 0 Å². The average molecular weight is 214 g/mol. The summed E-state index contributed by atoms with van der Waals surface area (Å²) < 4.78 is 11.2. The summed E-state index contributed by atoms with van der Waals surface area (Å²) in [5.74, 6) is 0.978. The molecule has 0 aliphatic carbocycles. The Morgan fingerprint density at radius 2 is 1.94 bits per heavy atom. The highest BCUT2D eigenvalue weighted by Crippen LogP contribution is 2.29. The van der Waals surface area contributed by atoms with Crippen LogP contribution in [0.1, 0.15) is 23.1 Å². The van der Waals surface area contributed by atoms with Crippen LogP contribution >= 0.6 is 0 Å². The molecule has 82 valence electrons. The van der Waals surface area contributed by atoms with Crippen LogP contribution in [0.4, 0.5) is 0 Å². The highest BCUT2D eigenvalue weighted by atomic mass is 16.5. The Kier molecular flexibility index (Phi) is 2.50. The first-order valence-corrected chi connectivity index (χ1v) is 5.64. The number of fused-ring (bicyclic) bond motifs is 2. The number of benzene rings is 1. The highest BCUT2D eigenvalue weighted by molar-refractivity contribution is 5.66. The Balaban J connectivity index is 2.11. The summed E-state index contributed by atoms with van der Waals surface area (Å²) in [7, 11) is 0. The first kappa shape index (κ1) is 9.67. The Morgan fingerprint density at radius 3 is 2.94 bits per heavy atom. The average Bonchev–Trinajstić information content (AvgIpc) is 2.64. The molecule has 16 heavy (non-hydrogen) atoms. The quantitative estimate of drug-likeness (QED) is 0.661. The van der Waals surface area contributed by atoms with E-state index in [4.69, 9.17) is 9.47 Å². The first-order valence-electron chi connectivity index (χ1n) is 5.64. The van der Waals surface area contributed by atoms with Crippen LogP contribution in [0.5, 0.6) is 5.75 Å². The lowest BCUT2D eigenvalue weighted by molar-refractivity contribution is 0.150. The third-order valence-electron chi connectivity index (χ3n) is 2.88. The molecule has 2 heterocycles. The first-order chi connectivity index (χ1) is 7.93. The second-order valence-electron chi connectivity index (χ2n) is 4.05. The van der Waals surface area contributed by atoms with Gasteiger partial charge in [0.2, 0.25) is 0 Å². The fraction of sp³-hybridized carbons (Fsp3) is 0.286. The van der Waals surface area contributed by atoms with Gasteiger partial charge in [-0.2, -0.15) is 0 Å². The highest BCUT2D eigenvalue weighted by Gasteiger charge is 2.11. The molecule has 3 rings (SSSR count). The molecule has 0 spiro atoms. The molecule has 0 bridgehead atoms. The molecule has 2 aliphatic rings. The third-order valence-corrected chi connectivity index (χ3v) is 2.88. The summed E-state index contributed by atoms with van der Waals surface area (Å²) in [6.45, 7) is 2.12. The molecule has 2 nitrogen and oxygen atoms in total. The van der Waals surface area contributed by atoms with Crippen LogP contribution in [0.15, 0.2) is 24.3 Å². The summed E-state index contributed by atoms with van der Waals surface area (Å²) in [6.07, 6.45) is 9.46. The van der Waals surface area contributed by atoms with Crippen molar-refractivity contribution in [3.63, 3.8) is 0 Å². The zero-order valence-corrected chi connectivity index (χ0v) is 9.11. The fourth-order valence-corrected chi connectivity index (χ4v) is 2.05. The van der Waals surface area contributed by atoms with E-state index in [0.29, 0.717) is 13.2 Å². The Morgan fingerprint density at radius 1 is 1.00 bits per heavy atom. The smallest absolute Gasteiger partial charge is 0.126 e. The largest absolute Gasteiger partial charge is 0.493 e. The Bertz CT molecular complexity index is 419. The van der Waals surface area contributed by atoms with E-state index < -0.39 is 0 Å². The maximum absolute atomic E-state index is 5.71. The van der Waals surface area contributed by atoms with Crippen LogP contribution in [-0.4, -0.2) is 13.2 Å². The molecule has 0 aromatic heterocycles. The van der Waals surface area contributed by atoms with E-state index in [1.165, 1.54) is 16.7 Å². The molecular formula is C14H14O2. The van der Waals surface area contributed by atoms with Gasteiger partial charge in [0.15, 0.2) is 0 Å². The van der Waals surface area contributed by atoms with Crippen LogP contribution in [0, 0.1) is 0 Å². The second-order valence-corrected chi connectivity index (χ2v) is 4.05. The van der Waals surface area contributed by atoms with Crippen LogP contribution in [0.3, 0.4) is 0 Å². The van der Waals surface area contributed by atoms with E-state index in [-0.39, 0.29) is 0 Å². The van der Waals surface area contributed by atoms with Crippen LogP contribution in [0.2, 0.25) is 0 Å². The van der Waals surface area contributed by atoms with E-state index >= 15 is 0 Å². The molecular weight excluding hydrogens is 200 g/mol. The third kappa shape index (κ3) is 1.76. The molecule has 0 saturated heterocycles. The summed E-state index contributed by atoms with van der Waals surface area (Å²) in [5, 5.41) is 0. The molecule has 0 unspecified atom stereocenters. The standard InChI is InChI=1S/C14H14O2/c1-2-7-16-14-9-13-10-15-6-3-5-11(13)8-12(14)4-1/h1,3-5,8-9H,2,6-7,10H2. The summed E-state index contributed by atoms with van der Waals surface area (Å²) >= 11 is 0. The number of hydrogen-bond donors (Lipinski definition) is 0. The van der Waals surface area contributed by atoms with E-state index in [2.05, 4.69) is 36.4 Å². The summed E-state index contributed by atoms with van der Waals surface area (Å²) in [5.41, 5.74) is 3.62. The maximum Gasteiger partial charge on any atom is 0.126 e. The van der Waals surface area contributed by atoms with Gasteiger partial charge in [0, 0.05) is 5.56 Å². The molecule has 0 fully saturated rings. The predicted octanol–water partition coefficient (Wildman–Crippen LogP) is 3.03. The van der Waals surface area contributed by atoms with Gasteiger partial charge < -0.3 is 9.47 Å². The van der Waals surface area contributed by atoms with E-state index in [1.807, 2.05) is 0 Å². The monoisotopic (exact) mass is 214 g/mol. The van der Waals surface area contributed by atoms with Gasteiger partial charge in [-0.3, -0.25) is 0 Å². The minimum atomic E-state index is 0.669. The molecule has 0 radical (unpaired) electrons. The predicted molar refractivity (Wildman–Crippen MR) is 64.3 cm³/mol. The summed E-state index contributed by atoms with van der Waals surface area (Å²) in [6, 6.07) is 4.29. The SMILES string of the molecule is C1=Cc2cc3c(cc2OCC1)COCC=C3. The van der Waals surface area contributed by atoms with Gasteiger partial charge in [-0.15, -0.1) is 0 Å². The van der Waals surface area contributed by atoms with Crippen molar-refractivity contribution in [3.05, 3.63) is 41.0 Å². The van der Waals surface area contributed by atoms with Crippen molar-refractivity contribution in [1.29, 1.82) is 0 Å². The lowest BCUT2D eigenvalue weighted by Gasteiger charge is -2.11. The normalized spacial score (nSPS) is 18.0. The number of rotatable bonds is 0. The van der Waals surface area contributed by atoms with Gasteiger partial charge in [-0.1, -0.05) is 24.3 Å². The van der Waals surface area contributed by atoms with Gasteiger partial charge >= 0.3 is 0 Å². The lowest BCUT2D eigenvalue weighted by Crippen LogP contribution is -1.98. The fourth-order valence-electron chi connectivity index (χ4n) is 2.05. The minimum absolute atomic E-state index is 0.669. The molecule has 1 aromatic carbocycles. The zero-order valence-electron chi connectivity index (χ0n) is 9.11. The van der Waals surface area contributed by atoms with Gasteiger partial charge in [-0.05, 0) is 29.7 Å². The van der Waals surface area contributed by atoms with E-state index in [0.717, 1.165) is 18.8 Å². The van der Waals surface area contributed by atoms with Crippen LogP contribution < -0.4 is 4.74 Å². The van der Waals surface area contributed by atoms with Crippen molar-refractivity contribution in [3.8, 4) is 5.75 Å². The maximum atomic E-state index is 5.71. The number of ether oxygens (including phenoxy) is 2. The minimum Gasteiger partial charge on any atom is -0.493 e. The van der Waals surface area contributed by atoms with Crippen molar-refractivity contribution < 1.29 is 9.47 Å². The second kappa shape index (κ2) is 4.14. The molecule has 0 amide bonds. The van der Waals surface area contributed by atoms with Gasteiger partial charge in [0.1, 0.15) is 5.75 Å². The summed E-state index contributed by atoms with van der Waals surface area (Å²) in [4.78, 5) is 0. The molecule has 2 aliphatic heterocycles. The Labute approximate surface area is 95.2 Å². The Hall–Kier alpha value is -1.54. The van der Waals surface area contributed by atoms with E-state index in [1.54, 1.807) is 0 Å². The molecule has 1 aromatic rings. The number of hydrogen-bond acceptors (Lipinski definition) is 2. The van der Waals surface area contributed by atoms with Crippen LogP contribution in [0.25, 0.3) is 12.2 Å². The molecule has 0 N–H and O–H groups in total. The van der Waals surface area contributed by atoms with Crippen molar-refractivity contribution >= 4 is 12.2 Å². The van der Waals surface area contributed by atoms with Crippen molar-refractivity contribution in [2.24, 2.45) is 0 Å². The van der Waals surface area contributed by atoms with Crippen molar-refractivity contribution in [2.45, 2.75) is 13.0 Å². The molecule has 0 saturated carbocycles. The van der Waals surface area contributed by atoms with Crippen molar-refractivity contribution in [2.75, 3.05) is 13.2 Å². The molecule has 0 atom stereocenters. The van der Waals surface area contributed by atoms with Crippen LogP contribution in [-0.2, 0) is 11.3 Å². The van der Waals surface area contributed by atoms with E-state index in [9.17, 15) is 0 Å². The zero-order chi connectivity index (χ0) is 10.8. The van der Waals surface area contributed by atoms with Gasteiger partial charge in [-0.25, -0.2) is 0 Å². The topological polar surface area (TPSA) is 18.5 Å². The molecule has 2 heteroatoms. The van der Waals surface area contributed by atoms with Gasteiger partial charge in [0.05, 0.1) is 19.8 Å².